The molecule has 0 bridgehead atoms. The van der Waals surface area contributed by atoms with Gasteiger partial charge in [0.1, 0.15) is 0 Å². The Morgan fingerprint density at radius 3 is 2.32 bits per heavy atom. The summed E-state index contributed by atoms with van der Waals surface area (Å²) in [6.07, 6.45) is 1.26. The molecule has 148 valence electrons. The van der Waals surface area contributed by atoms with Crippen LogP contribution in [0.1, 0.15) is 12.8 Å². The van der Waals surface area contributed by atoms with Crippen LogP contribution in [-0.2, 0) is 4.79 Å². The Kier molecular flexibility index (Phi) is 6.41. The molecule has 0 saturated carbocycles. The summed E-state index contributed by atoms with van der Waals surface area (Å²) in [5.74, 6) is -0.164. The van der Waals surface area contributed by atoms with Gasteiger partial charge in [-0.05, 0) is 37.1 Å². The lowest BCUT2D eigenvalue weighted by molar-refractivity contribution is -0.121. The Hall–Kier alpha value is -2.73. The fourth-order valence-corrected chi connectivity index (χ4v) is 3.72. The molecule has 3 amide bonds. The van der Waals surface area contributed by atoms with Crippen molar-refractivity contribution in [2.45, 2.75) is 12.8 Å². The van der Waals surface area contributed by atoms with Gasteiger partial charge in [0, 0.05) is 38.8 Å². The minimum Gasteiger partial charge on any atom is -0.375 e. The molecular weight excluding hydrogens is 376 g/mol. The maximum Gasteiger partial charge on any atom is 0.321 e. The number of hydrogen-bond donors (Lipinski definition) is 2. The summed E-state index contributed by atoms with van der Waals surface area (Å²) in [4.78, 5) is 28.8. The molecule has 0 spiro atoms. The number of nitrogens with one attached hydrogen (secondary N) is 2. The molecule has 0 unspecified atom stereocenters. The number of likely N-dealkylation sites (tertiary alicyclic amines) is 1. The van der Waals surface area contributed by atoms with Crippen molar-refractivity contribution in [1.29, 1.82) is 0 Å². The molecule has 1 saturated heterocycles. The first-order valence-corrected chi connectivity index (χ1v) is 9.71. The summed E-state index contributed by atoms with van der Waals surface area (Å²) in [6, 6.07) is 14.7. The highest BCUT2D eigenvalue weighted by atomic mass is 35.5. The fraction of sp³-hybridized carbons (Fsp3) is 0.333. The molecule has 1 fully saturated rings. The lowest BCUT2D eigenvalue weighted by Crippen LogP contribution is -2.43. The van der Waals surface area contributed by atoms with E-state index < -0.39 is 0 Å². The zero-order chi connectivity index (χ0) is 20.1. The SMILES string of the molecule is CN(C)c1c(Cl)cccc1NC(=O)C1CCN(C(=O)Nc2ccccc2)CC1. The standard InChI is InChI=1S/C21H25ClN4O2/c1-25(2)19-17(22)9-6-10-18(19)24-20(27)15-11-13-26(14-12-15)21(28)23-16-7-4-3-5-8-16/h3-10,15H,11-14H2,1-2H3,(H,23,28)(H,24,27). The van der Waals surface area contributed by atoms with Gasteiger partial charge in [-0.3, -0.25) is 4.79 Å². The van der Waals surface area contributed by atoms with E-state index in [0.717, 1.165) is 11.4 Å². The van der Waals surface area contributed by atoms with Crippen LogP contribution in [0.3, 0.4) is 0 Å². The van der Waals surface area contributed by atoms with Crippen molar-refractivity contribution in [3.63, 3.8) is 0 Å². The summed E-state index contributed by atoms with van der Waals surface area (Å²) in [5, 5.41) is 6.48. The van der Waals surface area contributed by atoms with E-state index in [1.807, 2.05) is 61.5 Å². The van der Waals surface area contributed by atoms with Crippen LogP contribution in [0.25, 0.3) is 0 Å². The molecule has 3 rings (SSSR count). The summed E-state index contributed by atoms with van der Waals surface area (Å²) < 4.78 is 0. The summed E-state index contributed by atoms with van der Waals surface area (Å²) in [7, 11) is 3.78. The first-order chi connectivity index (χ1) is 13.5. The molecule has 0 atom stereocenters. The number of urea groups is 1. The van der Waals surface area contributed by atoms with Crippen LogP contribution in [0.4, 0.5) is 21.9 Å². The topological polar surface area (TPSA) is 64.7 Å². The van der Waals surface area contributed by atoms with E-state index in [2.05, 4.69) is 10.6 Å². The molecule has 28 heavy (non-hydrogen) atoms. The summed E-state index contributed by atoms with van der Waals surface area (Å²) in [6.45, 7) is 1.10. The van der Waals surface area contributed by atoms with Crippen LogP contribution in [0.15, 0.2) is 48.5 Å². The molecule has 2 aromatic rings. The molecule has 0 aromatic heterocycles. The van der Waals surface area contributed by atoms with Crippen molar-refractivity contribution < 1.29 is 9.59 Å². The molecule has 0 aliphatic carbocycles. The predicted molar refractivity (Wildman–Crippen MR) is 114 cm³/mol. The minimum atomic E-state index is -0.130. The van der Waals surface area contributed by atoms with Gasteiger partial charge in [-0.25, -0.2) is 4.79 Å². The van der Waals surface area contributed by atoms with Gasteiger partial charge in [0.15, 0.2) is 0 Å². The Labute approximate surface area is 170 Å². The van der Waals surface area contributed by atoms with Gasteiger partial charge in [-0.1, -0.05) is 35.9 Å². The maximum absolute atomic E-state index is 12.7. The van der Waals surface area contributed by atoms with Crippen LogP contribution >= 0.6 is 11.6 Å². The molecule has 1 heterocycles. The van der Waals surface area contributed by atoms with Gasteiger partial charge >= 0.3 is 6.03 Å². The Bertz CT molecular complexity index is 834. The van der Waals surface area contributed by atoms with Gasteiger partial charge in [0.05, 0.1) is 16.4 Å². The molecule has 1 aliphatic heterocycles. The van der Waals surface area contributed by atoms with E-state index >= 15 is 0 Å². The van der Waals surface area contributed by atoms with Gasteiger partial charge in [-0.15, -0.1) is 0 Å². The van der Waals surface area contributed by atoms with Gasteiger partial charge < -0.3 is 20.4 Å². The van der Waals surface area contributed by atoms with Gasteiger partial charge in [-0.2, -0.15) is 0 Å². The third-order valence-electron chi connectivity index (χ3n) is 4.87. The second-order valence-corrected chi connectivity index (χ2v) is 7.48. The van der Waals surface area contributed by atoms with Crippen molar-refractivity contribution in [2.75, 3.05) is 42.7 Å². The van der Waals surface area contributed by atoms with Crippen LogP contribution in [0, 0.1) is 5.92 Å². The van der Waals surface area contributed by atoms with E-state index in [-0.39, 0.29) is 17.9 Å². The Morgan fingerprint density at radius 1 is 1.00 bits per heavy atom. The average Bonchev–Trinajstić information content (AvgIpc) is 2.68. The second kappa shape index (κ2) is 8.97. The first kappa shape index (κ1) is 20.0. The van der Waals surface area contributed by atoms with Crippen LogP contribution < -0.4 is 15.5 Å². The fourth-order valence-electron chi connectivity index (χ4n) is 3.37. The zero-order valence-corrected chi connectivity index (χ0v) is 16.9. The quantitative estimate of drug-likeness (QED) is 0.804. The Balaban J connectivity index is 1.56. The second-order valence-electron chi connectivity index (χ2n) is 7.08. The Morgan fingerprint density at radius 2 is 1.68 bits per heavy atom. The summed E-state index contributed by atoms with van der Waals surface area (Å²) >= 11 is 6.27. The first-order valence-electron chi connectivity index (χ1n) is 9.33. The number of anilines is 3. The molecule has 2 N–H and O–H groups in total. The van der Waals surface area contributed by atoms with Crippen molar-refractivity contribution in [3.8, 4) is 0 Å². The van der Waals surface area contributed by atoms with E-state index in [4.69, 9.17) is 11.6 Å². The van der Waals surface area contributed by atoms with Crippen molar-refractivity contribution in [2.24, 2.45) is 5.92 Å². The van der Waals surface area contributed by atoms with E-state index in [1.165, 1.54) is 0 Å². The predicted octanol–water partition coefficient (Wildman–Crippen LogP) is 4.29. The highest BCUT2D eigenvalue weighted by molar-refractivity contribution is 6.34. The van der Waals surface area contributed by atoms with Crippen molar-refractivity contribution in [3.05, 3.63) is 53.6 Å². The lowest BCUT2D eigenvalue weighted by Gasteiger charge is -2.31. The summed E-state index contributed by atoms with van der Waals surface area (Å²) in [5.41, 5.74) is 2.26. The third kappa shape index (κ3) is 4.75. The number of rotatable bonds is 4. The molecular formula is C21H25ClN4O2. The number of halogens is 1. The average molecular weight is 401 g/mol. The molecule has 0 radical (unpaired) electrons. The van der Waals surface area contributed by atoms with Crippen LogP contribution in [-0.4, -0.2) is 44.0 Å². The highest BCUT2D eigenvalue weighted by Crippen LogP contribution is 2.33. The highest BCUT2D eigenvalue weighted by Gasteiger charge is 2.28. The van der Waals surface area contributed by atoms with E-state index in [9.17, 15) is 9.59 Å². The number of piperidine rings is 1. The zero-order valence-electron chi connectivity index (χ0n) is 16.1. The van der Waals surface area contributed by atoms with Gasteiger partial charge in [0.2, 0.25) is 5.91 Å². The molecule has 1 aliphatic rings. The third-order valence-corrected chi connectivity index (χ3v) is 5.17. The van der Waals surface area contributed by atoms with Crippen LogP contribution in [0.5, 0.6) is 0 Å². The van der Waals surface area contributed by atoms with Crippen molar-refractivity contribution in [1.82, 2.24) is 4.90 Å². The van der Waals surface area contributed by atoms with Crippen molar-refractivity contribution >= 4 is 40.6 Å². The van der Waals surface area contributed by atoms with Crippen LogP contribution in [0.2, 0.25) is 5.02 Å². The largest absolute Gasteiger partial charge is 0.375 e. The number of para-hydroxylation sites is 2. The lowest BCUT2D eigenvalue weighted by atomic mass is 9.96. The number of nitrogens with zero attached hydrogens (tertiary/aromatic N) is 2. The molecule has 6 nitrogen and oxygen atoms in total. The van der Waals surface area contributed by atoms with E-state index in [0.29, 0.717) is 36.6 Å². The molecule has 2 aromatic carbocycles. The van der Waals surface area contributed by atoms with E-state index in [1.54, 1.807) is 11.0 Å². The number of carbonyl (C=O) groups excluding carboxylic acids is 2. The smallest absolute Gasteiger partial charge is 0.321 e. The number of benzene rings is 2. The number of carbonyl (C=O) groups is 2. The number of hydrogen-bond acceptors (Lipinski definition) is 3. The minimum absolute atomic E-state index is 0.0338. The monoisotopic (exact) mass is 400 g/mol. The number of amides is 3. The normalized spacial score (nSPS) is 14.5. The maximum atomic E-state index is 12.7. The van der Waals surface area contributed by atoms with Gasteiger partial charge in [0.25, 0.3) is 0 Å². The molecule has 7 heteroatoms.